The van der Waals surface area contributed by atoms with Gasteiger partial charge in [0.15, 0.2) is 0 Å². The molecule has 2 heterocycles. The third-order valence-corrected chi connectivity index (χ3v) is 7.45. The highest BCUT2D eigenvalue weighted by molar-refractivity contribution is 7.89. The van der Waals surface area contributed by atoms with Crippen molar-refractivity contribution in [2.75, 3.05) is 13.1 Å². The van der Waals surface area contributed by atoms with Gasteiger partial charge >= 0.3 is 0 Å². The Balaban J connectivity index is 1.59. The molecule has 1 aliphatic rings. The summed E-state index contributed by atoms with van der Waals surface area (Å²) in [5.41, 5.74) is 1.25. The Morgan fingerprint density at radius 2 is 1.94 bits per heavy atom. The number of para-hydroxylation sites is 1. The van der Waals surface area contributed by atoms with Crippen LogP contribution in [0.15, 0.2) is 53.6 Å². The fraction of sp³-hybridized carbons (Fsp3) is 0.348. The summed E-state index contributed by atoms with van der Waals surface area (Å²) < 4.78 is 49.4. The highest BCUT2D eigenvalue weighted by atomic mass is 32.2. The molecule has 6 nitrogen and oxygen atoms in total. The average molecular weight is 445 g/mol. The average Bonchev–Trinajstić information content (AvgIpc) is 3.35. The standard InChI is InChI=1S/C23H25FN2O4S/c1-16(2)30-18-6-8-19(9-7-18)31(28,29)26-11-10-17(14-26)21-15-25(12-13-27)23-20(21)4-3-5-22(23)24/h3-9,13,15-17H,10-12,14H2,1-2H3. The fourth-order valence-corrected chi connectivity index (χ4v) is 5.70. The summed E-state index contributed by atoms with van der Waals surface area (Å²) >= 11 is 0. The van der Waals surface area contributed by atoms with Gasteiger partial charge in [-0.3, -0.25) is 0 Å². The molecule has 0 bridgehead atoms. The number of halogens is 1. The van der Waals surface area contributed by atoms with Crippen LogP contribution >= 0.6 is 0 Å². The highest BCUT2D eigenvalue weighted by Gasteiger charge is 2.34. The third-order valence-electron chi connectivity index (χ3n) is 5.58. The van der Waals surface area contributed by atoms with Crippen molar-refractivity contribution in [1.82, 2.24) is 8.87 Å². The van der Waals surface area contributed by atoms with E-state index in [2.05, 4.69) is 0 Å². The molecule has 1 aromatic heterocycles. The van der Waals surface area contributed by atoms with Crippen LogP contribution in [0.4, 0.5) is 4.39 Å². The molecule has 31 heavy (non-hydrogen) atoms. The predicted octanol–water partition coefficient (Wildman–Crippen LogP) is 3.94. The summed E-state index contributed by atoms with van der Waals surface area (Å²) in [5, 5.41) is 0.723. The van der Waals surface area contributed by atoms with E-state index in [-0.39, 0.29) is 23.5 Å². The van der Waals surface area contributed by atoms with Gasteiger partial charge in [0.1, 0.15) is 17.9 Å². The van der Waals surface area contributed by atoms with Crippen LogP contribution < -0.4 is 4.74 Å². The lowest BCUT2D eigenvalue weighted by Crippen LogP contribution is -2.28. The molecule has 1 aliphatic heterocycles. The van der Waals surface area contributed by atoms with Crippen LogP contribution in [0.5, 0.6) is 5.75 Å². The number of aldehydes is 1. The van der Waals surface area contributed by atoms with Gasteiger partial charge in [0.2, 0.25) is 10.0 Å². The molecule has 0 radical (unpaired) electrons. The zero-order valence-corrected chi connectivity index (χ0v) is 18.3. The molecule has 1 fully saturated rings. The Bertz CT molecular complexity index is 1200. The van der Waals surface area contributed by atoms with Crippen LogP contribution in [-0.2, 0) is 21.4 Å². The molecule has 164 valence electrons. The van der Waals surface area contributed by atoms with E-state index in [0.717, 1.165) is 17.2 Å². The number of sulfonamides is 1. The lowest BCUT2D eigenvalue weighted by atomic mass is 9.98. The van der Waals surface area contributed by atoms with Crippen LogP contribution in [0.3, 0.4) is 0 Å². The molecule has 1 unspecified atom stereocenters. The Kier molecular flexibility index (Phi) is 5.85. The molecule has 0 amide bonds. The number of carbonyl (C=O) groups is 1. The zero-order valence-electron chi connectivity index (χ0n) is 17.5. The van der Waals surface area contributed by atoms with Crippen LogP contribution in [0.2, 0.25) is 0 Å². The van der Waals surface area contributed by atoms with Crippen LogP contribution in [-0.4, -0.2) is 42.8 Å². The fourth-order valence-electron chi connectivity index (χ4n) is 4.20. The number of fused-ring (bicyclic) bond motifs is 1. The van der Waals surface area contributed by atoms with E-state index in [1.807, 2.05) is 19.9 Å². The van der Waals surface area contributed by atoms with Gasteiger partial charge < -0.3 is 14.1 Å². The number of ether oxygens (including phenoxy) is 1. The van der Waals surface area contributed by atoms with Crippen molar-refractivity contribution in [1.29, 1.82) is 0 Å². The van der Waals surface area contributed by atoms with Crippen molar-refractivity contribution in [3.8, 4) is 5.75 Å². The molecule has 0 N–H and O–H groups in total. The molecular formula is C23H25FN2O4S. The lowest BCUT2D eigenvalue weighted by molar-refractivity contribution is -0.108. The van der Waals surface area contributed by atoms with Crippen LogP contribution in [0.1, 0.15) is 31.7 Å². The maximum Gasteiger partial charge on any atom is 0.243 e. The Morgan fingerprint density at radius 1 is 1.19 bits per heavy atom. The van der Waals surface area contributed by atoms with Crippen molar-refractivity contribution >= 4 is 27.2 Å². The van der Waals surface area contributed by atoms with E-state index >= 15 is 0 Å². The van der Waals surface area contributed by atoms with Crippen molar-refractivity contribution in [3.63, 3.8) is 0 Å². The summed E-state index contributed by atoms with van der Waals surface area (Å²) in [6.07, 6.45) is 3.15. The predicted molar refractivity (Wildman–Crippen MR) is 116 cm³/mol. The van der Waals surface area contributed by atoms with Crippen LogP contribution in [0.25, 0.3) is 10.9 Å². The van der Waals surface area contributed by atoms with Gasteiger partial charge in [-0.2, -0.15) is 4.31 Å². The first kappa shape index (κ1) is 21.5. The highest BCUT2D eigenvalue weighted by Crippen LogP contribution is 2.36. The first-order valence-corrected chi connectivity index (χ1v) is 11.7. The number of nitrogens with zero attached hydrogens (tertiary/aromatic N) is 2. The summed E-state index contributed by atoms with van der Waals surface area (Å²) in [6.45, 7) is 4.56. The van der Waals surface area contributed by atoms with E-state index < -0.39 is 15.8 Å². The number of rotatable bonds is 7. The maximum absolute atomic E-state index is 14.4. The summed E-state index contributed by atoms with van der Waals surface area (Å²) in [7, 11) is -3.65. The molecule has 0 saturated carbocycles. The summed E-state index contributed by atoms with van der Waals surface area (Å²) in [5.74, 6) is 0.158. The summed E-state index contributed by atoms with van der Waals surface area (Å²) in [6, 6.07) is 11.3. The summed E-state index contributed by atoms with van der Waals surface area (Å²) in [4.78, 5) is 11.3. The lowest BCUT2D eigenvalue weighted by Gasteiger charge is -2.17. The van der Waals surface area contributed by atoms with Crippen LogP contribution in [0, 0.1) is 5.82 Å². The molecule has 8 heteroatoms. The quantitative estimate of drug-likeness (QED) is 0.518. The van der Waals surface area contributed by atoms with Gasteiger partial charge in [0, 0.05) is 30.6 Å². The number of aromatic nitrogens is 1. The number of benzene rings is 2. The molecule has 3 aromatic rings. The third kappa shape index (κ3) is 4.09. The molecular weight excluding hydrogens is 419 g/mol. The van der Waals surface area contributed by atoms with Gasteiger partial charge in [-0.15, -0.1) is 0 Å². The zero-order chi connectivity index (χ0) is 22.2. The smallest absolute Gasteiger partial charge is 0.243 e. The number of hydrogen-bond donors (Lipinski definition) is 0. The van der Waals surface area contributed by atoms with E-state index in [1.54, 1.807) is 41.1 Å². The van der Waals surface area contributed by atoms with Gasteiger partial charge in [0.25, 0.3) is 0 Å². The number of carbonyl (C=O) groups excluding carboxylic acids is 1. The van der Waals surface area contributed by atoms with E-state index in [1.165, 1.54) is 10.4 Å². The molecule has 0 aliphatic carbocycles. The van der Waals surface area contributed by atoms with Crippen molar-refractivity contribution in [3.05, 3.63) is 60.0 Å². The van der Waals surface area contributed by atoms with Crippen molar-refractivity contribution in [2.45, 2.75) is 43.7 Å². The second-order valence-corrected chi connectivity index (χ2v) is 9.96. The van der Waals surface area contributed by atoms with E-state index in [9.17, 15) is 17.6 Å². The minimum absolute atomic E-state index is 0.00739. The first-order chi connectivity index (χ1) is 14.8. The number of hydrogen-bond acceptors (Lipinski definition) is 4. The van der Waals surface area contributed by atoms with Crippen molar-refractivity contribution in [2.24, 2.45) is 0 Å². The largest absolute Gasteiger partial charge is 0.491 e. The molecule has 2 aromatic carbocycles. The molecule has 4 rings (SSSR count). The van der Waals surface area contributed by atoms with Gasteiger partial charge in [-0.05, 0) is 56.2 Å². The topological polar surface area (TPSA) is 68.6 Å². The van der Waals surface area contributed by atoms with Gasteiger partial charge in [-0.1, -0.05) is 12.1 Å². The molecule has 0 spiro atoms. The second kappa shape index (κ2) is 8.43. The normalized spacial score (nSPS) is 17.5. The second-order valence-electron chi connectivity index (χ2n) is 8.03. The SMILES string of the molecule is CC(C)Oc1ccc(S(=O)(=O)N2CCC(c3cn(CC=O)c4c(F)cccc34)C2)cc1. The van der Waals surface area contributed by atoms with E-state index in [0.29, 0.717) is 30.8 Å². The first-order valence-electron chi connectivity index (χ1n) is 10.3. The van der Waals surface area contributed by atoms with Gasteiger partial charge in [0.05, 0.1) is 23.1 Å². The minimum atomic E-state index is -3.65. The Morgan fingerprint density at radius 3 is 2.61 bits per heavy atom. The molecule has 1 saturated heterocycles. The maximum atomic E-state index is 14.4. The monoisotopic (exact) mass is 444 g/mol. The van der Waals surface area contributed by atoms with Gasteiger partial charge in [-0.25, -0.2) is 12.8 Å². The van der Waals surface area contributed by atoms with E-state index in [4.69, 9.17) is 4.74 Å². The molecule has 1 atom stereocenters. The Labute approximate surface area is 181 Å². The minimum Gasteiger partial charge on any atom is -0.491 e. The van der Waals surface area contributed by atoms with Crippen molar-refractivity contribution < 1.29 is 22.3 Å². The Hall–Kier alpha value is -2.71.